The number of hydrogen-bond donors (Lipinski definition) is 0. The molecule has 0 N–H and O–H groups in total. The lowest BCUT2D eigenvalue weighted by Crippen LogP contribution is -2.39. The third kappa shape index (κ3) is 1.91. The van der Waals surface area contributed by atoms with Crippen LogP contribution in [0.2, 0.25) is 0 Å². The van der Waals surface area contributed by atoms with Crippen molar-refractivity contribution in [3.05, 3.63) is 95.1 Å². The van der Waals surface area contributed by atoms with E-state index in [1.54, 1.807) is 0 Å². The Balaban J connectivity index is 1.95. The summed E-state index contributed by atoms with van der Waals surface area (Å²) in [6, 6.07) is 25.4. The fourth-order valence-electron chi connectivity index (χ4n) is 5.04. The van der Waals surface area contributed by atoms with Gasteiger partial charge in [-0.1, -0.05) is 86.7 Å². The van der Waals surface area contributed by atoms with Crippen molar-refractivity contribution >= 4 is 0 Å². The first-order chi connectivity index (χ1) is 12.6. The van der Waals surface area contributed by atoms with Crippen molar-refractivity contribution in [3.8, 4) is 12.1 Å². The van der Waals surface area contributed by atoms with Gasteiger partial charge in [0.25, 0.3) is 0 Å². The molecule has 2 heteroatoms. The molecule has 2 aliphatic rings. The molecule has 0 bridgehead atoms. The van der Waals surface area contributed by atoms with E-state index in [0.717, 1.165) is 22.3 Å². The second-order valence-corrected chi connectivity index (χ2v) is 7.57. The molecule has 0 saturated carbocycles. The van der Waals surface area contributed by atoms with E-state index in [0.29, 0.717) is 0 Å². The van der Waals surface area contributed by atoms with Gasteiger partial charge in [-0.05, 0) is 11.1 Å². The van der Waals surface area contributed by atoms with Crippen LogP contribution in [0.5, 0.6) is 0 Å². The Morgan fingerprint density at radius 2 is 1.00 bits per heavy atom. The van der Waals surface area contributed by atoms with Crippen molar-refractivity contribution in [1.29, 1.82) is 10.5 Å². The Morgan fingerprint density at radius 3 is 1.31 bits per heavy atom. The summed E-state index contributed by atoms with van der Waals surface area (Å²) in [5.41, 5.74) is 3.00. The average Bonchev–Trinajstić information content (AvgIpc) is 3.06. The summed E-state index contributed by atoms with van der Waals surface area (Å²) in [5.74, 6) is 0.0333. The van der Waals surface area contributed by atoms with Gasteiger partial charge in [0.05, 0.1) is 12.1 Å². The average molecular weight is 336 g/mol. The van der Waals surface area contributed by atoms with Crippen LogP contribution >= 0.6 is 0 Å². The molecular weight excluding hydrogens is 316 g/mol. The zero-order chi connectivity index (χ0) is 18.4. The van der Waals surface area contributed by atoms with Crippen molar-refractivity contribution in [1.82, 2.24) is 0 Å². The van der Waals surface area contributed by atoms with Gasteiger partial charge in [-0.3, -0.25) is 0 Å². The Bertz CT molecular complexity index is 905. The van der Waals surface area contributed by atoms with Gasteiger partial charge in [0.15, 0.2) is 0 Å². The maximum Gasteiger partial charge on any atom is 0.0950 e. The smallest absolute Gasteiger partial charge is 0.0950 e. The van der Waals surface area contributed by atoms with Gasteiger partial charge in [0.1, 0.15) is 0 Å². The maximum atomic E-state index is 9.96. The molecule has 0 aliphatic heterocycles. The topological polar surface area (TPSA) is 47.6 Å². The van der Waals surface area contributed by atoms with Gasteiger partial charge in [0, 0.05) is 33.8 Å². The Labute approximate surface area is 154 Å². The van der Waals surface area contributed by atoms with E-state index in [4.69, 9.17) is 0 Å². The van der Waals surface area contributed by atoms with E-state index in [1.807, 2.05) is 36.4 Å². The van der Waals surface area contributed by atoms with Crippen LogP contribution in [0.15, 0.2) is 84.0 Å². The van der Waals surface area contributed by atoms with Crippen molar-refractivity contribution < 1.29 is 0 Å². The molecule has 2 aromatic rings. The maximum absolute atomic E-state index is 9.96. The molecular formula is C24H20N2. The van der Waals surface area contributed by atoms with Crippen LogP contribution in [-0.4, -0.2) is 0 Å². The molecule has 2 aliphatic carbocycles. The fourth-order valence-corrected chi connectivity index (χ4v) is 5.04. The summed E-state index contributed by atoms with van der Waals surface area (Å²) in [6.07, 6.45) is 4.19. The summed E-state index contributed by atoms with van der Waals surface area (Å²) >= 11 is 0. The number of nitriles is 2. The molecule has 0 fully saturated rings. The lowest BCUT2D eigenvalue weighted by atomic mass is 9.56. The molecule has 0 unspecified atom stereocenters. The van der Waals surface area contributed by atoms with E-state index in [1.165, 1.54) is 0 Å². The quantitative estimate of drug-likeness (QED) is 0.727. The molecule has 0 radical (unpaired) electrons. The molecule has 4 atom stereocenters. The second-order valence-electron chi connectivity index (χ2n) is 7.57. The van der Waals surface area contributed by atoms with Gasteiger partial charge in [-0.25, -0.2) is 0 Å². The van der Waals surface area contributed by atoms with Crippen LogP contribution in [0.4, 0.5) is 0 Å². The first kappa shape index (κ1) is 16.4. The van der Waals surface area contributed by atoms with Crippen LogP contribution < -0.4 is 0 Å². The summed E-state index contributed by atoms with van der Waals surface area (Å²) < 4.78 is 0. The number of benzene rings is 2. The Hall–Kier alpha value is -3.10. The molecule has 0 amide bonds. The lowest BCUT2D eigenvalue weighted by Gasteiger charge is -2.44. The number of rotatable bonds is 2. The third-order valence-corrected chi connectivity index (χ3v) is 6.67. The lowest BCUT2D eigenvalue weighted by molar-refractivity contribution is 0.171. The third-order valence-electron chi connectivity index (χ3n) is 6.67. The molecule has 0 aromatic heterocycles. The zero-order valence-corrected chi connectivity index (χ0v) is 15.0. The number of hydrogen-bond acceptors (Lipinski definition) is 2. The van der Waals surface area contributed by atoms with Crippen LogP contribution in [-0.2, 0) is 0 Å². The predicted molar refractivity (Wildman–Crippen MR) is 102 cm³/mol. The summed E-state index contributed by atoms with van der Waals surface area (Å²) in [5, 5.41) is 19.9. The van der Waals surface area contributed by atoms with Gasteiger partial charge in [0.2, 0.25) is 0 Å². The highest BCUT2D eigenvalue weighted by Crippen LogP contribution is 2.71. The SMILES string of the molecule is C[C@@]12C(C#N)=C[C@@H](c3ccccc3)[C@]1(C)C(C#N)=C[C@H]2c1ccccc1. The largest absolute Gasteiger partial charge is 0.193 e. The van der Waals surface area contributed by atoms with Gasteiger partial charge in [-0.2, -0.15) is 10.5 Å². The molecule has 0 saturated heterocycles. The minimum Gasteiger partial charge on any atom is -0.193 e. The van der Waals surface area contributed by atoms with Crippen LogP contribution in [0, 0.1) is 33.5 Å². The molecule has 2 nitrogen and oxygen atoms in total. The number of allylic oxidation sites excluding steroid dienone is 4. The summed E-state index contributed by atoms with van der Waals surface area (Å²) in [7, 11) is 0. The number of fused-ring (bicyclic) bond motifs is 1. The zero-order valence-electron chi connectivity index (χ0n) is 15.0. The van der Waals surface area contributed by atoms with Crippen molar-refractivity contribution in [2.24, 2.45) is 10.8 Å². The van der Waals surface area contributed by atoms with E-state index < -0.39 is 10.8 Å². The van der Waals surface area contributed by atoms with E-state index in [9.17, 15) is 10.5 Å². The normalized spacial score (nSPS) is 32.2. The minimum atomic E-state index is -0.436. The molecule has 4 rings (SSSR count). The second kappa shape index (κ2) is 5.72. The van der Waals surface area contributed by atoms with Gasteiger partial charge < -0.3 is 0 Å². The van der Waals surface area contributed by atoms with Gasteiger partial charge in [-0.15, -0.1) is 0 Å². The summed E-state index contributed by atoms with van der Waals surface area (Å²) in [6.45, 7) is 4.31. The minimum absolute atomic E-state index is 0.0166. The molecule has 0 spiro atoms. The molecule has 126 valence electrons. The van der Waals surface area contributed by atoms with E-state index in [2.05, 4.69) is 62.4 Å². The van der Waals surface area contributed by atoms with Gasteiger partial charge >= 0.3 is 0 Å². The van der Waals surface area contributed by atoms with Crippen molar-refractivity contribution in [2.45, 2.75) is 25.7 Å². The highest BCUT2D eigenvalue weighted by molar-refractivity contribution is 5.59. The highest BCUT2D eigenvalue weighted by atomic mass is 14.7. The van der Waals surface area contributed by atoms with Crippen LogP contribution in [0.25, 0.3) is 0 Å². The number of nitrogens with zero attached hydrogens (tertiary/aromatic N) is 2. The van der Waals surface area contributed by atoms with Crippen molar-refractivity contribution in [3.63, 3.8) is 0 Å². The predicted octanol–water partition coefficient (Wildman–Crippen LogP) is 5.49. The first-order valence-corrected chi connectivity index (χ1v) is 8.92. The van der Waals surface area contributed by atoms with Crippen LogP contribution in [0.1, 0.15) is 36.8 Å². The first-order valence-electron chi connectivity index (χ1n) is 8.92. The van der Waals surface area contributed by atoms with Crippen molar-refractivity contribution in [2.75, 3.05) is 0 Å². The molecule has 0 heterocycles. The summed E-state index contributed by atoms with van der Waals surface area (Å²) in [4.78, 5) is 0. The van der Waals surface area contributed by atoms with E-state index >= 15 is 0 Å². The fraction of sp³-hybridized carbons (Fsp3) is 0.250. The Morgan fingerprint density at radius 1 is 0.654 bits per heavy atom. The monoisotopic (exact) mass is 336 g/mol. The molecule has 2 aromatic carbocycles. The highest BCUT2D eigenvalue weighted by Gasteiger charge is 2.64. The van der Waals surface area contributed by atoms with E-state index in [-0.39, 0.29) is 11.8 Å². The standard InChI is InChI=1S/C24H20N2/c1-23-19(15-25)13-22(18-11-7-4-8-12-18)24(23,2)20(16-26)14-21(23)17-9-5-3-6-10-17/h3-14,21-22H,1-2H3/t21-,22-,23-,24-/m0/s1. The Kier molecular flexibility index (Phi) is 3.60. The molecule has 26 heavy (non-hydrogen) atoms. The van der Waals surface area contributed by atoms with Crippen LogP contribution in [0.3, 0.4) is 0 Å².